The average Bonchev–Trinajstić information content (AvgIpc) is 2.67. The first-order valence-corrected chi connectivity index (χ1v) is 9.96. The van der Waals surface area contributed by atoms with Crippen LogP contribution in [0.2, 0.25) is 0 Å². The fourth-order valence-corrected chi connectivity index (χ4v) is 3.47. The Kier molecular flexibility index (Phi) is 6.88. The fourth-order valence-electron chi connectivity index (χ4n) is 3.47. The summed E-state index contributed by atoms with van der Waals surface area (Å²) in [5, 5.41) is 6.15. The minimum absolute atomic E-state index is 0.00593. The summed E-state index contributed by atoms with van der Waals surface area (Å²) in [5.74, 6) is 0.600. The number of ether oxygens (including phenoxy) is 1. The Hall–Kier alpha value is -2.86. The van der Waals surface area contributed by atoms with E-state index in [-0.39, 0.29) is 24.4 Å². The van der Waals surface area contributed by atoms with Gasteiger partial charge in [0.2, 0.25) is 11.8 Å². The molecule has 3 rings (SSSR count). The van der Waals surface area contributed by atoms with E-state index < -0.39 is 0 Å². The Morgan fingerprint density at radius 2 is 1.79 bits per heavy atom. The lowest BCUT2D eigenvalue weighted by Gasteiger charge is -2.32. The number of carbonyl (C=O) groups is 2. The molecule has 6 nitrogen and oxygen atoms in total. The first-order valence-electron chi connectivity index (χ1n) is 9.96. The highest BCUT2D eigenvalue weighted by Crippen LogP contribution is 2.21. The number of benzene rings is 2. The maximum Gasteiger partial charge on any atom is 0.239 e. The zero-order valence-corrected chi connectivity index (χ0v) is 17.3. The van der Waals surface area contributed by atoms with Crippen molar-refractivity contribution in [2.75, 3.05) is 26.4 Å². The zero-order valence-electron chi connectivity index (χ0n) is 17.3. The summed E-state index contributed by atoms with van der Waals surface area (Å²) in [7, 11) is 0. The predicted octanol–water partition coefficient (Wildman–Crippen LogP) is 2.63. The van der Waals surface area contributed by atoms with Gasteiger partial charge in [-0.1, -0.05) is 35.9 Å². The van der Waals surface area contributed by atoms with Crippen molar-refractivity contribution in [1.82, 2.24) is 15.5 Å². The van der Waals surface area contributed by atoms with E-state index in [9.17, 15) is 9.59 Å². The van der Waals surface area contributed by atoms with Gasteiger partial charge in [-0.15, -0.1) is 0 Å². The van der Waals surface area contributed by atoms with Crippen LogP contribution < -0.4 is 15.4 Å². The van der Waals surface area contributed by atoms with Crippen LogP contribution >= 0.6 is 0 Å². The van der Waals surface area contributed by atoms with Crippen molar-refractivity contribution < 1.29 is 14.3 Å². The van der Waals surface area contributed by atoms with Crippen LogP contribution in [0.5, 0.6) is 5.75 Å². The highest BCUT2D eigenvalue weighted by Gasteiger charge is 2.27. The highest BCUT2D eigenvalue weighted by molar-refractivity contribution is 5.85. The first-order chi connectivity index (χ1) is 13.9. The van der Waals surface area contributed by atoms with Crippen molar-refractivity contribution >= 4 is 11.8 Å². The van der Waals surface area contributed by atoms with Crippen LogP contribution in [0.15, 0.2) is 42.5 Å². The molecule has 29 heavy (non-hydrogen) atoms. The molecule has 2 aromatic carbocycles. The van der Waals surface area contributed by atoms with Gasteiger partial charge in [-0.25, -0.2) is 0 Å². The van der Waals surface area contributed by atoms with E-state index in [0.29, 0.717) is 26.2 Å². The molecule has 2 N–H and O–H groups in total. The molecule has 0 spiro atoms. The third-order valence-corrected chi connectivity index (χ3v) is 4.96. The van der Waals surface area contributed by atoms with E-state index in [2.05, 4.69) is 16.7 Å². The maximum absolute atomic E-state index is 12.4. The Morgan fingerprint density at radius 1 is 1.10 bits per heavy atom. The summed E-state index contributed by atoms with van der Waals surface area (Å²) in [6.45, 7) is 7.28. The Labute approximate surface area is 172 Å². The number of amides is 2. The van der Waals surface area contributed by atoms with E-state index in [1.807, 2.05) is 57.2 Å². The minimum atomic E-state index is -0.182. The second-order valence-electron chi connectivity index (χ2n) is 7.64. The van der Waals surface area contributed by atoms with Gasteiger partial charge in [0, 0.05) is 12.5 Å². The minimum Gasteiger partial charge on any atom is -0.492 e. The van der Waals surface area contributed by atoms with Crippen LogP contribution in [-0.4, -0.2) is 43.1 Å². The van der Waals surface area contributed by atoms with Crippen LogP contribution in [0.4, 0.5) is 0 Å². The topological polar surface area (TPSA) is 70.7 Å². The van der Waals surface area contributed by atoms with E-state index in [0.717, 1.165) is 22.4 Å². The number of nitrogens with one attached hydrogen (secondary N) is 2. The Morgan fingerprint density at radius 3 is 2.45 bits per heavy atom. The third kappa shape index (κ3) is 6.06. The lowest BCUT2D eigenvalue weighted by molar-refractivity contribution is -0.139. The van der Waals surface area contributed by atoms with Crippen LogP contribution in [0.1, 0.15) is 34.7 Å². The lowest BCUT2D eigenvalue weighted by Crippen LogP contribution is -2.50. The van der Waals surface area contributed by atoms with Gasteiger partial charge in [0.25, 0.3) is 0 Å². The van der Waals surface area contributed by atoms with Crippen LogP contribution in [0.25, 0.3) is 0 Å². The first kappa shape index (κ1) is 20.9. The number of hydrogen-bond acceptors (Lipinski definition) is 4. The number of aryl methyl sites for hydroxylation is 3. The van der Waals surface area contributed by atoms with Crippen molar-refractivity contribution in [2.24, 2.45) is 0 Å². The van der Waals surface area contributed by atoms with E-state index in [4.69, 9.17) is 4.74 Å². The molecule has 1 aliphatic rings. The normalized spacial score (nSPS) is 16.6. The van der Waals surface area contributed by atoms with Gasteiger partial charge in [-0.3, -0.25) is 14.9 Å². The lowest BCUT2D eigenvalue weighted by atomic mass is 10.0. The molecule has 0 bridgehead atoms. The summed E-state index contributed by atoms with van der Waals surface area (Å²) in [4.78, 5) is 26.2. The SMILES string of the molecule is Cc1ccc(C2CC(=O)N(CC(=O)NCCOc3cc(C)cc(C)c3)CN2)cc1. The predicted molar refractivity (Wildman–Crippen MR) is 113 cm³/mol. The summed E-state index contributed by atoms with van der Waals surface area (Å²) >= 11 is 0. The van der Waals surface area contributed by atoms with Gasteiger partial charge in [0.05, 0.1) is 13.2 Å². The Bertz CT molecular complexity index is 844. The molecule has 0 saturated carbocycles. The number of carbonyl (C=O) groups excluding carboxylic acids is 2. The summed E-state index contributed by atoms with van der Waals surface area (Å²) in [6.07, 6.45) is 0.353. The molecule has 1 saturated heterocycles. The molecular weight excluding hydrogens is 366 g/mol. The van der Waals surface area contributed by atoms with Gasteiger partial charge in [0.1, 0.15) is 18.9 Å². The van der Waals surface area contributed by atoms with Crippen LogP contribution in [0, 0.1) is 20.8 Å². The second-order valence-corrected chi connectivity index (χ2v) is 7.64. The van der Waals surface area contributed by atoms with E-state index in [1.165, 1.54) is 5.56 Å². The van der Waals surface area contributed by atoms with Gasteiger partial charge in [-0.05, 0) is 49.6 Å². The molecule has 0 aliphatic carbocycles. The van der Waals surface area contributed by atoms with Crippen molar-refractivity contribution in [1.29, 1.82) is 0 Å². The van der Waals surface area contributed by atoms with Crippen LogP contribution in [-0.2, 0) is 9.59 Å². The second kappa shape index (κ2) is 9.56. The zero-order chi connectivity index (χ0) is 20.8. The smallest absolute Gasteiger partial charge is 0.239 e. The molecule has 1 atom stereocenters. The van der Waals surface area contributed by atoms with Crippen molar-refractivity contribution in [3.05, 3.63) is 64.7 Å². The molecule has 1 heterocycles. The van der Waals surface area contributed by atoms with Crippen molar-refractivity contribution in [3.63, 3.8) is 0 Å². The molecule has 0 radical (unpaired) electrons. The molecule has 2 amide bonds. The largest absolute Gasteiger partial charge is 0.492 e. The molecule has 2 aromatic rings. The van der Waals surface area contributed by atoms with Crippen molar-refractivity contribution in [3.8, 4) is 5.75 Å². The summed E-state index contributed by atoms with van der Waals surface area (Å²) in [6, 6.07) is 14.2. The standard InChI is InChI=1S/C23H29N3O3/c1-16-4-6-19(7-5-16)21-13-23(28)26(15-25-21)14-22(27)24-8-9-29-20-11-17(2)10-18(3)12-20/h4-7,10-12,21,25H,8-9,13-15H2,1-3H3,(H,24,27). The molecule has 0 aromatic heterocycles. The van der Waals surface area contributed by atoms with E-state index >= 15 is 0 Å². The summed E-state index contributed by atoms with van der Waals surface area (Å²) < 4.78 is 5.69. The maximum atomic E-state index is 12.4. The number of rotatable bonds is 7. The third-order valence-electron chi connectivity index (χ3n) is 4.96. The molecular formula is C23H29N3O3. The Balaban J connectivity index is 1.39. The van der Waals surface area contributed by atoms with Crippen LogP contribution in [0.3, 0.4) is 0 Å². The highest BCUT2D eigenvalue weighted by atomic mass is 16.5. The van der Waals surface area contributed by atoms with Gasteiger partial charge < -0.3 is 15.0 Å². The van der Waals surface area contributed by atoms with Gasteiger partial charge in [-0.2, -0.15) is 0 Å². The molecule has 1 fully saturated rings. The number of nitrogens with zero attached hydrogens (tertiary/aromatic N) is 1. The average molecular weight is 396 g/mol. The summed E-state index contributed by atoms with van der Waals surface area (Å²) in [5.41, 5.74) is 4.57. The molecule has 154 valence electrons. The monoisotopic (exact) mass is 395 g/mol. The molecule has 1 aliphatic heterocycles. The quantitative estimate of drug-likeness (QED) is 0.707. The molecule has 1 unspecified atom stereocenters. The van der Waals surface area contributed by atoms with E-state index in [1.54, 1.807) is 4.90 Å². The molecule has 6 heteroatoms. The van der Waals surface area contributed by atoms with Crippen molar-refractivity contribution in [2.45, 2.75) is 33.2 Å². The van der Waals surface area contributed by atoms with Gasteiger partial charge in [0.15, 0.2) is 0 Å². The van der Waals surface area contributed by atoms with Gasteiger partial charge >= 0.3 is 0 Å². The fraction of sp³-hybridized carbons (Fsp3) is 0.391. The number of hydrogen-bond donors (Lipinski definition) is 2.